The quantitative estimate of drug-likeness (QED) is 0.930. The van der Waals surface area contributed by atoms with Crippen molar-refractivity contribution in [2.45, 2.75) is 63.9 Å². The molecule has 21 heavy (non-hydrogen) atoms. The Morgan fingerprint density at radius 1 is 1.52 bits per heavy atom. The van der Waals surface area contributed by atoms with Crippen LogP contribution < -0.4 is 5.32 Å². The van der Waals surface area contributed by atoms with Gasteiger partial charge in [-0.2, -0.15) is 11.3 Å². The van der Waals surface area contributed by atoms with E-state index < -0.39 is 0 Å². The van der Waals surface area contributed by atoms with Crippen LogP contribution in [0.4, 0.5) is 0 Å². The molecule has 0 aliphatic carbocycles. The average Bonchev–Trinajstić information content (AvgIpc) is 3.08. The van der Waals surface area contributed by atoms with Gasteiger partial charge in [-0.05, 0) is 48.6 Å². The Kier molecular flexibility index (Phi) is 4.62. The van der Waals surface area contributed by atoms with Crippen LogP contribution in [0.15, 0.2) is 16.8 Å². The van der Waals surface area contributed by atoms with Gasteiger partial charge in [-0.3, -0.25) is 10.1 Å². The fourth-order valence-corrected chi connectivity index (χ4v) is 4.13. The molecule has 2 saturated heterocycles. The summed E-state index contributed by atoms with van der Waals surface area (Å²) in [6, 6.07) is 2.39. The SMILES string of the molecule is CCCC1NC(c2ccsc2)N(C2CCOC(C)C2)C1=O. The molecule has 1 amide bonds. The molecular formula is C16H24N2O2S. The van der Waals surface area contributed by atoms with Gasteiger partial charge in [0.25, 0.3) is 0 Å². The van der Waals surface area contributed by atoms with Crippen LogP contribution in [0.2, 0.25) is 0 Å². The van der Waals surface area contributed by atoms with Gasteiger partial charge in [-0.15, -0.1) is 0 Å². The van der Waals surface area contributed by atoms with E-state index in [0.717, 1.165) is 32.3 Å². The average molecular weight is 308 g/mol. The van der Waals surface area contributed by atoms with E-state index in [1.807, 2.05) is 0 Å². The summed E-state index contributed by atoms with van der Waals surface area (Å²) in [5.74, 6) is 0.271. The van der Waals surface area contributed by atoms with Gasteiger partial charge in [-0.1, -0.05) is 13.3 Å². The molecule has 3 heterocycles. The highest BCUT2D eigenvalue weighted by Crippen LogP contribution is 2.34. The zero-order valence-electron chi connectivity index (χ0n) is 12.7. The lowest BCUT2D eigenvalue weighted by molar-refractivity contribution is -0.135. The number of hydrogen-bond acceptors (Lipinski definition) is 4. The molecule has 0 saturated carbocycles. The molecule has 0 bridgehead atoms. The second kappa shape index (κ2) is 6.46. The molecule has 2 aliphatic rings. The molecular weight excluding hydrogens is 284 g/mol. The maximum absolute atomic E-state index is 12.8. The lowest BCUT2D eigenvalue weighted by Gasteiger charge is -2.37. The predicted molar refractivity (Wildman–Crippen MR) is 84.2 cm³/mol. The monoisotopic (exact) mass is 308 g/mol. The number of ether oxygens (including phenoxy) is 1. The van der Waals surface area contributed by atoms with Crippen molar-refractivity contribution in [3.63, 3.8) is 0 Å². The fraction of sp³-hybridized carbons (Fsp3) is 0.688. The predicted octanol–water partition coefficient (Wildman–Crippen LogP) is 2.91. The highest BCUT2D eigenvalue weighted by atomic mass is 32.1. The highest BCUT2D eigenvalue weighted by molar-refractivity contribution is 7.07. The van der Waals surface area contributed by atoms with Crippen LogP contribution >= 0.6 is 11.3 Å². The normalized spacial score (nSPS) is 33.6. The molecule has 2 aliphatic heterocycles. The Morgan fingerprint density at radius 2 is 2.38 bits per heavy atom. The number of nitrogens with zero attached hydrogens (tertiary/aromatic N) is 1. The lowest BCUT2D eigenvalue weighted by Crippen LogP contribution is -2.45. The minimum atomic E-state index is -0.0296. The van der Waals surface area contributed by atoms with Gasteiger partial charge >= 0.3 is 0 Å². The van der Waals surface area contributed by atoms with Crippen molar-refractivity contribution in [2.75, 3.05) is 6.61 Å². The first kappa shape index (κ1) is 15.0. The Labute approximate surface area is 130 Å². The Hall–Kier alpha value is -0.910. The standard InChI is InChI=1S/C16H24N2O2S/c1-3-4-14-16(19)18(13-5-7-20-11(2)9-13)15(17-14)12-6-8-21-10-12/h6,8,10-11,13-15,17H,3-5,7,9H2,1-2H3. The molecule has 1 aromatic rings. The van der Waals surface area contributed by atoms with Crippen molar-refractivity contribution in [2.24, 2.45) is 0 Å². The van der Waals surface area contributed by atoms with Gasteiger partial charge < -0.3 is 9.64 Å². The maximum atomic E-state index is 12.8. The van der Waals surface area contributed by atoms with Crippen LogP contribution in [-0.2, 0) is 9.53 Å². The van der Waals surface area contributed by atoms with Gasteiger partial charge in [0.1, 0.15) is 6.17 Å². The van der Waals surface area contributed by atoms with Crippen LogP contribution in [0.3, 0.4) is 0 Å². The fourth-order valence-electron chi connectivity index (χ4n) is 3.45. The highest BCUT2D eigenvalue weighted by Gasteiger charge is 2.43. The van der Waals surface area contributed by atoms with Crippen molar-refractivity contribution in [1.29, 1.82) is 0 Å². The van der Waals surface area contributed by atoms with Crippen molar-refractivity contribution in [1.82, 2.24) is 10.2 Å². The van der Waals surface area contributed by atoms with Crippen LogP contribution in [0.5, 0.6) is 0 Å². The Balaban J connectivity index is 1.84. The molecule has 1 aromatic heterocycles. The summed E-state index contributed by atoms with van der Waals surface area (Å²) in [4.78, 5) is 14.9. The molecule has 0 aromatic carbocycles. The van der Waals surface area contributed by atoms with Gasteiger partial charge in [0.05, 0.1) is 12.1 Å². The zero-order valence-corrected chi connectivity index (χ0v) is 13.6. The van der Waals surface area contributed by atoms with E-state index in [9.17, 15) is 4.79 Å². The van der Waals surface area contributed by atoms with Crippen molar-refractivity contribution in [3.8, 4) is 0 Å². The number of amides is 1. The van der Waals surface area contributed by atoms with E-state index in [4.69, 9.17) is 4.74 Å². The van der Waals surface area contributed by atoms with Crippen molar-refractivity contribution >= 4 is 17.2 Å². The van der Waals surface area contributed by atoms with E-state index in [-0.39, 0.29) is 24.2 Å². The first-order chi connectivity index (χ1) is 10.2. The summed E-state index contributed by atoms with van der Waals surface area (Å²) in [6.07, 6.45) is 4.09. The number of rotatable bonds is 4. The van der Waals surface area contributed by atoms with E-state index in [1.165, 1.54) is 5.56 Å². The molecule has 4 nitrogen and oxygen atoms in total. The van der Waals surface area contributed by atoms with E-state index >= 15 is 0 Å². The Bertz CT molecular complexity index is 477. The molecule has 4 atom stereocenters. The van der Waals surface area contributed by atoms with Gasteiger partial charge in [0.15, 0.2) is 0 Å². The largest absolute Gasteiger partial charge is 0.378 e. The van der Waals surface area contributed by atoms with Crippen LogP contribution in [-0.4, -0.2) is 35.6 Å². The summed E-state index contributed by atoms with van der Waals surface area (Å²) in [7, 11) is 0. The summed E-state index contributed by atoms with van der Waals surface area (Å²) in [5.41, 5.74) is 1.21. The lowest BCUT2D eigenvalue weighted by atomic mass is 10.0. The molecule has 1 N–H and O–H groups in total. The van der Waals surface area contributed by atoms with E-state index in [1.54, 1.807) is 11.3 Å². The second-order valence-electron chi connectivity index (χ2n) is 6.07. The molecule has 2 fully saturated rings. The summed E-state index contributed by atoms with van der Waals surface area (Å²) >= 11 is 1.69. The minimum absolute atomic E-state index is 0.0296. The smallest absolute Gasteiger partial charge is 0.241 e. The summed E-state index contributed by atoms with van der Waals surface area (Å²) in [5, 5.41) is 7.78. The first-order valence-electron chi connectivity index (χ1n) is 7.92. The molecule has 5 heteroatoms. The van der Waals surface area contributed by atoms with Crippen molar-refractivity contribution in [3.05, 3.63) is 22.4 Å². The second-order valence-corrected chi connectivity index (χ2v) is 6.85. The molecule has 4 unspecified atom stereocenters. The van der Waals surface area contributed by atoms with E-state index in [2.05, 4.69) is 40.9 Å². The topological polar surface area (TPSA) is 41.6 Å². The maximum Gasteiger partial charge on any atom is 0.241 e. The van der Waals surface area contributed by atoms with Gasteiger partial charge in [0, 0.05) is 12.6 Å². The number of nitrogens with one attached hydrogen (secondary N) is 1. The Morgan fingerprint density at radius 3 is 3.05 bits per heavy atom. The summed E-state index contributed by atoms with van der Waals surface area (Å²) < 4.78 is 5.65. The molecule has 0 radical (unpaired) electrons. The van der Waals surface area contributed by atoms with Crippen LogP contribution in [0, 0.1) is 0 Å². The van der Waals surface area contributed by atoms with E-state index in [0.29, 0.717) is 6.04 Å². The number of thiophene rings is 1. The number of carbonyl (C=O) groups is 1. The minimum Gasteiger partial charge on any atom is -0.378 e. The van der Waals surface area contributed by atoms with Gasteiger partial charge in [0.2, 0.25) is 5.91 Å². The third-order valence-electron chi connectivity index (χ3n) is 4.48. The van der Waals surface area contributed by atoms with Crippen LogP contribution in [0.1, 0.15) is 51.3 Å². The molecule has 116 valence electrons. The third kappa shape index (κ3) is 3.00. The molecule has 0 spiro atoms. The first-order valence-corrected chi connectivity index (χ1v) is 8.87. The zero-order chi connectivity index (χ0) is 14.8. The van der Waals surface area contributed by atoms with Gasteiger partial charge in [-0.25, -0.2) is 0 Å². The number of hydrogen-bond donors (Lipinski definition) is 1. The summed E-state index contributed by atoms with van der Waals surface area (Å²) in [6.45, 7) is 4.99. The van der Waals surface area contributed by atoms with Crippen molar-refractivity contribution < 1.29 is 9.53 Å². The van der Waals surface area contributed by atoms with Crippen LogP contribution in [0.25, 0.3) is 0 Å². The third-order valence-corrected chi connectivity index (χ3v) is 5.18. The molecule has 3 rings (SSSR count). The number of carbonyl (C=O) groups excluding carboxylic acids is 1.